The Labute approximate surface area is 131 Å². The predicted molar refractivity (Wildman–Crippen MR) is 90.4 cm³/mol. The van der Waals surface area contributed by atoms with Gasteiger partial charge in [-0.05, 0) is 61.0 Å². The maximum Gasteiger partial charge on any atom is 0.0485 e. The molecule has 0 aliphatic carbocycles. The summed E-state index contributed by atoms with van der Waals surface area (Å²) in [5, 5.41) is 3.49. The summed E-state index contributed by atoms with van der Waals surface area (Å²) >= 11 is 3.57. The number of halogens is 1. The Kier molecular flexibility index (Phi) is 6.33. The molecule has 1 aromatic rings. The van der Waals surface area contributed by atoms with Crippen molar-refractivity contribution in [2.75, 3.05) is 45.1 Å². The normalized spacial score (nSPS) is 19.7. The van der Waals surface area contributed by atoms with E-state index in [1.165, 1.54) is 38.2 Å². The number of nitrogens with one attached hydrogen (secondary N) is 1. The van der Waals surface area contributed by atoms with Crippen molar-refractivity contribution < 1.29 is 0 Å². The van der Waals surface area contributed by atoms with E-state index in [9.17, 15) is 0 Å². The number of likely N-dealkylation sites (tertiary alicyclic amines) is 1. The first-order valence-corrected chi connectivity index (χ1v) is 8.41. The van der Waals surface area contributed by atoms with Crippen molar-refractivity contribution in [3.05, 3.63) is 28.7 Å². The molecule has 0 amide bonds. The van der Waals surface area contributed by atoms with E-state index < -0.39 is 0 Å². The highest BCUT2D eigenvalue weighted by Crippen LogP contribution is 2.21. The van der Waals surface area contributed by atoms with Gasteiger partial charge >= 0.3 is 0 Å². The van der Waals surface area contributed by atoms with Gasteiger partial charge in [0.15, 0.2) is 0 Å². The first-order valence-electron chi connectivity index (χ1n) is 7.61. The maximum absolute atomic E-state index is 3.57. The number of benzene rings is 1. The molecule has 0 aromatic heterocycles. The van der Waals surface area contributed by atoms with Crippen LogP contribution >= 0.6 is 15.9 Å². The lowest BCUT2D eigenvalue weighted by Crippen LogP contribution is -2.40. The number of anilines is 1. The number of hydrogen-bond donors (Lipinski definition) is 1. The van der Waals surface area contributed by atoms with Crippen LogP contribution in [-0.2, 0) is 0 Å². The fourth-order valence-electron chi connectivity index (χ4n) is 2.96. The van der Waals surface area contributed by atoms with Gasteiger partial charge in [-0.2, -0.15) is 0 Å². The Morgan fingerprint density at radius 3 is 2.95 bits per heavy atom. The van der Waals surface area contributed by atoms with Crippen molar-refractivity contribution in [2.24, 2.45) is 0 Å². The summed E-state index contributed by atoms with van der Waals surface area (Å²) in [6.07, 6.45) is 2.72. The lowest BCUT2D eigenvalue weighted by Gasteiger charge is -2.27. The third kappa shape index (κ3) is 4.47. The van der Waals surface area contributed by atoms with E-state index in [-0.39, 0.29) is 0 Å². The Balaban J connectivity index is 1.70. The van der Waals surface area contributed by atoms with E-state index in [4.69, 9.17) is 0 Å². The van der Waals surface area contributed by atoms with Gasteiger partial charge < -0.3 is 10.2 Å². The Bertz CT molecular complexity index is 410. The highest BCUT2D eigenvalue weighted by Gasteiger charge is 2.23. The molecule has 1 aliphatic heterocycles. The lowest BCUT2D eigenvalue weighted by atomic mass is 10.2. The molecule has 3 nitrogen and oxygen atoms in total. The molecular weight excluding hydrogens is 314 g/mol. The van der Waals surface area contributed by atoms with Crippen molar-refractivity contribution in [1.82, 2.24) is 9.80 Å². The zero-order chi connectivity index (χ0) is 14.4. The Hall–Kier alpha value is -0.580. The first kappa shape index (κ1) is 15.8. The average Bonchev–Trinajstić information content (AvgIpc) is 2.88. The van der Waals surface area contributed by atoms with Crippen LogP contribution in [0.4, 0.5) is 5.69 Å². The minimum atomic E-state index is 0.758. The van der Waals surface area contributed by atoms with E-state index in [2.05, 4.69) is 63.2 Å². The van der Waals surface area contributed by atoms with E-state index in [1.807, 2.05) is 6.07 Å². The molecular formula is C16H26BrN3. The van der Waals surface area contributed by atoms with E-state index >= 15 is 0 Å². The van der Waals surface area contributed by atoms with Crippen molar-refractivity contribution in [3.8, 4) is 0 Å². The molecule has 1 heterocycles. The van der Waals surface area contributed by atoms with Gasteiger partial charge in [-0.15, -0.1) is 0 Å². The number of rotatable bonds is 7. The minimum absolute atomic E-state index is 0.758. The summed E-state index contributed by atoms with van der Waals surface area (Å²) in [4.78, 5) is 5.06. The number of likely N-dealkylation sites (N-methyl/N-ethyl adjacent to an activating group) is 2. The molecule has 4 heteroatoms. The van der Waals surface area contributed by atoms with Crippen LogP contribution in [0.15, 0.2) is 28.7 Å². The summed E-state index contributed by atoms with van der Waals surface area (Å²) < 4.78 is 1.13. The zero-order valence-electron chi connectivity index (χ0n) is 12.6. The SMILES string of the molecule is CCN1CCCC1CN(C)CCNc1ccccc1Br. The van der Waals surface area contributed by atoms with Gasteiger partial charge in [0, 0.05) is 35.8 Å². The molecule has 1 saturated heterocycles. The van der Waals surface area contributed by atoms with Gasteiger partial charge in [-0.1, -0.05) is 19.1 Å². The molecule has 20 heavy (non-hydrogen) atoms. The van der Waals surface area contributed by atoms with Gasteiger partial charge in [0.2, 0.25) is 0 Å². The second kappa shape index (κ2) is 8.01. The second-order valence-electron chi connectivity index (χ2n) is 5.59. The van der Waals surface area contributed by atoms with Gasteiger partial charge in [-0.3, -0.25) is 4.90 Å². The standard InChI is InChI=1S/C16H26BrN3/c1-3-20-11-6-7-14(20)13-19(2)12-10-18-16-9-5-4-8-15(16)17/h4-5,8-9,14,18H,3,6-7,10-13H2,1-2H3. The molecule has 1 aromatic carbocycles. The average molecular weight is 340 g/mol. The topological polar surface area (TPSA) is 18.5 Å². The number of nitrogens with zero attached hydrogens (tertiary/aromatic N) is 2. The van der Waals surface area contributed by atoms with Gasteiger partial charge in [0.05, 0.1) is 0 Å². The van der Waals surface area contributed by atoms with Crippen LogP contribution in [0.25, 0.3) is 0 Å². The molecule has 1 N–H and O–H groups in total. The molecule has 1 unspecified atom stereocenters. The molecule has 1 aliphatic rings. The van der Waals surface area contributed by atoms with Crippen LogP contribution < -0.4 is 5.32 Å². The quantitative estimate of drug-likeness (QED) is 0.822. The third-order valence-electron chi connectivity index (χ3n) is 4.11. The van der Waals surface area contributed by atoms with Crippen molar-refractivity contribution in [3.63, 3.8) is 0 Å². The summed E-state index contributed by atoms with van der Waals surface area (Å²) in [5.74, 6) is 0. The van der Waals surface area contributed by atoms with Gasteiger partial charge in [-0.25, -0.2) is 0 Å². The van der Waals surface area contributed by atoms with Crippen LogP contribution in [0.5, 0.6) is 0 Å². The van der Waals surface area contributed by atoms with E-state index in [0.717, 1.165) is 23.6 Å². The predicted octanol–water partition coefficient (Wildman–Crippen LogP) is 3.28. The number of hydrogen-bond acceptors (Lipinski definition) is 3. The summed E-state index contributed by atoms with van der Waals surface area (Å²) in [5.41, 5.74) is 1.18. The maximum atomic E-state index is 3.57. The van der Waals surface area contributed by atoms with Crippen LogP contribution in [0.1, 0.15) is 19.8 Å². The van der Waals surface area contributed by atoms with Crippen LogP contribution in [0.2, 0.25) is 0 Å². The smallest absolute Gasteiger partial charge is 0.0485 e. The van der Waals surface area contributed by atoms with Crippen molar-refractivity contribution >= 4 is 21.6 Å². The molecule has 0 bridgehead atoms. The molecule has 1 fully saturated rings. The highest BCUT2D eigenvalue weighted by atomic mass is 79.9. The van der Waals surface area contributed by atoms with Crippen molar-refractivity contribution in [2.45, 2.75) is 25.8 Å². The van der Waals surface area contributed by atoms with Gasteiger partial charge in [0.1, 0.15) is 0 Å². The zero-order valence-corrected chi connectivity index (χ0v) is 14.2. The van der Waals surface area contributed by atoms with Crippen LogP contribution in [0, 0.1) is 0 Å². The van der Waals surface area contributed by atoms with E-state index in [0.29, 0.717) is 0 Å². The largest absolute Gasteiger partial charge is 0.383 e. The molecule has 0 radical (unpaired) electrons. The third-order valence-corrected chi connectivity index (χ3v) is 4.80. The highest BCUT2D eigenvalue weighted by molar-refractivity contribution is 9.10. The molecule has 2 rings (SSSR count). The summed E-state index contributed by atoms with van der Waals surface area (Å²) in [7, 11) is 2.23. The fourth-order valence-corrected chi connectivity index (χ4v) is 3.38. The molecule has 1 atom stereocenters. The molecule has 0 spiro atoms. The Morgan fingerprint density at radius 1 is 1.40 bits per heavy atom. The van der Waals surface area contributed by atoms with Crippen LogP contribution in [-0.4, -0.2) is 55.6 Å². The monoisotopic (exact) mass is 339 g/mol. The molecule has 112 valence electrons. The number of para-hydroxylation sites is 1. The Morgan fingerprint density at radius 2 is 2.20 bits per heavy atom. The van der Waals surface area contributed by atoms with Gasteiger partial charge in [0.25, 0.3) is 0 Å². The van der Waals surface area contributed by atoms with Crippen molar-refractivity contribution in [1.29, 1.82) is 0 Å². The summed E-state index contributed by atoms with van der Waals surface area (Å²) in [6.45, 7) is 7.99. The fraction of sp³-hybridized carbons (Fsp3) is 0.625. The summed E-state index contributed by atoms with van der Waals surface area (Å²) in [6, 6.07) is 9.05. The first-order chi connectivity index (χ1) is 9.70. The van der Waals surface area contributed by atoms with E-state index in [1.54, 1.807) is 0 Å². The second-order valence-corrected chi connectivity index (χ2v) is 6.45. The lowest BCUT2D eigenvalue weighted by molar-refractivity contribution is 0.202. The minimum Gasteiger partial charge on any atom is -0.383 e. The molecule has 0 saturated carbocycles. The van der Waals surface area contributed by atoms with Crippen LogP contribution in [0.3, 0.4) is 0 Å².